The lowest BCUT2D eigenvalue weighted by atomic mass is 10.4. The van der Waals surface area contributed by atoms with Gasteiger partial charge in [0.2, 0.25) is 0 Å². The Morgan fingerprint density at radius 3 is 2.18 bits per heavy atom. The van der Waals surface area contributed by atoms with E-state index < -0.39 is 10.2 Å². The van der Waals surface area contributed by atoms with Crippen molar-refractivity contribution in [1.82, 2.24) is 13.5 Å². The maximum Gasteiger partial charge on any atom is 0.282 e. The molecule has 1 fully saturated rings. The Balaban J connectivity index is 2.59. The second-order valence-corrected chi connectivity index (χ2v) is 7.33. The Kier molecular flexibility index (Phi) is 5.85. The average Bonchev–Trinajstić information content (AvgIpc) is 2.29. The lowest BCUT2D eigenvalue weighted by Crippen LogP contribution is -2.53. The molecule has 5 nitrogen and oxygen atoms in total. The lowest BCUT2D eigenvalue weighted by molar-refractivity contribution is 0.189. The van der Waals surface area contributed by atoms with Gasteiger partial charge in [-0.2, -0.15) is 17.0 Å². The predicted molar refractivity (Wildman–Crippen MR) is 73.6 cm³/mol. The second kappa shape index (κ2) is 6.47. The molecular formula is C10H22BrN3O2S. The monoisotopic (exact) mass is 327 g/mol. The third-order valence-electron chi connectivity index (χ3n) is 3.15. The fourth-order valence-electron chi connectivity index (χ4n) is 1.75. The van der Waals surface area contributed by atoms with Crippen LogP contribution in [0.15, 0.2) is 0 Å². The number of nitrogens with zero attached hydrogens (tertiary/aromatic N) is 3. The zero-order valence-corrected chi connectivity index (χ0v) is 13.2. The minimum absolute atomic E-state index is 0.000529. The van der Waals surface area contributed by atoms with Crippen molar-refractivity contribution in [1.29, 1.82) is 0 Å². The van der Waals surface area contributed by atoms with Crippen LogP contribution in [-0.2, 0) is 10.2 Å². The molecule has 0 atom stereocenters. The molecule has 0 bridgehead atoms. The van der Waals surface area contributed by atoms with Gasteiger partial charge in [0.05, 0.1) is 0 Å². The van der Waals surface area contributed by atoms with E-state index >= 15 is 0 Å². The molecular weight excluding hydrogens is 306 g/mol. The van der Waals surface area contributed by atoms with E-state index in [-0.39, 0.29) is 6.04 Å². The molecule has 0 aromatic heterocycles. The van der Waals surface area contributed by atoms with Gasteiger partial charge in [-0.05, 0) is 13.8 Å². The largest absolute Gasteiger partial charge is 0.300 e. The van der Waals surface area contributed by atoms with Crippen LogP contribution in [0.5, 0.6) is 0 Å². The van der Waals surface area contributed by atoms with Gasteiger partial charge in [-0.1, -0.05) is 15.9 Å². The molecule has 0 spiro atoms. The van der Waals surface area contributed by atoms with E-state index in [1.54, 1.807) is 11.4 Å². The van der Waals surface area contributed by atoms with Crippen molar-refractivity contribution in [3.8, 4) is 0 Å². The first-order valence-electron chi connectivity index (χ1n) is 5.91. The van der Waals surface area contributed by atoms with Crippen molar-refractivity contribution in [3.05, 3.63) is 0 Å². The molecule has 0 aromatic carbocycles. The van der Waals surface area contributed by atoms with Crippen LogP contribution in [0.3, 0.4) is 0 Å². The van der Waals surface area contributed by atoms with Gasteiger partial charge in [-0.25, -0.2) is 0 Å². The first-order valence-corrected chi connectivity index (χ1v) is 8.43. The first kappa shape index (κ1) is 15.4. The van der Waals surface area contributed by atoms with Gasteiger partial charge < -0.3 is 0 Å². The highest BCUT2D eigenvalue weighted by molar-refractivity contribution is 9.09. The van der Waals surface area contributed by atoms with E-state index in [0.717, 1.165) is 25.0 Å². The summed E-state index contributed by atoms with van der Waals surface area (Å²) in [6, 6.07) is 0.000529. The van der Waals surface area contributed by atoms with Crippen molar-refractivity contribution in [2.75, 3.05) is 45.1 Å². The fourth-order valence-corrected chi connectivity index (χ4v) is 3.78. The maximum atomic E-state index is 12.2. The minimum atomic E-state index is -3.27. The summed E-state index contributed by atoms with van der Waals surface area (Å²) in [4.78, 5) is 2.27. The fraction of sp³-hybridized carbons (Fsp3) is 1.00. The third kappa shape index (κ3) is 3.89. The van der Waals surface area contributed by atoms with Crippen LogP contribution >= 0.6 is 15.9 Å². The molecule has 0 radical (unpaired) electrons. The number of hydrogen-bond acceptors (Lipinski definition) is 3. The van der Waals surface area contributed by atoms with Gasteiger partial charge in [0.1, 0.15) is 0 Å². The Bertz CT molecular complexity index is 326. The normalized spacial score (nSPS) is 20.4. The van der Waals surface area contributed by atoms with Gasteiger partial charge in [-0.3, -0.25) is 4.90 Å². The van der Waals surface area contributed by atoms with E-state index in [1.165, 1.54) is 4.31 Å². The second-order valence-electron chi connectivity index (χ2n) is 4.55. The molecule has 0 N–H and O–H groups in total. The summed E-state index contributed by atoms with van der Waals surface area (Å²) in [7, 11) is -1.63. The molecule has 0 unspecified atom stereocenters. The Morgan fingerprint density at radius 1 is 1.24 bits per heavy atom. The van der Waals surface area contributed by atoms with Crippen LogP contribution in [0.25, 0.3) is 0 Å². The van der Waals surface area contributed by atoms with E-state index in [2.05, 4.69) is 20.8 Å². The summed E-state index contributed by atoms with van der Waals surface area (Å²) >= 11 is 3.40. The van der Waals surface area contributed by atoms with Crippen molar-refractivity contribution in [3.63, 3.8) is 0 Å². The molecule has 0 amide bonds. The van der Waals surface area contributed by atoms with Crippen LogP contribution in [-0.4, -0.2) is 73.1 Å². The summed E-state index contributed by atoms with van der Waals surface area (Å²) in [6.45, 7) is 7.57. The Morgan fingerprint density at radius 2 is 1.76 bits per heavy atom. The molecule has 1 rings (SSSR count). The van der Waals surface area contributed by atoms with Crippen LogP contribution in [0, 0.1) is 0 Å². The average molecular weight is 328 g/mol. The summed E-state index contributed by atoms with van der Waals surface area (Å²) < 4.78 is 27.5. The highest BCUT2D eigenvalue weighted by atomic mass is 79.9. The molecule has 1 saturated heterocycles. The summed E-state index contributed by atoms with van der Waals surface area (Å²) in [5, 5.41) is 0.936. The summed E-state index contributed by atoms with van der Waals surface area (Å²) in [5.41, 5.74) is 0. The zero-order valence-electron chi connectivity index (χ0n) is 10.8. The SMILES string of the molecule is CC(C)N(C)S(=O)(=O)N1CCN(CCBr)CC1. The number of hydrogen-bond donors (Lipinski definition) is 0. The van der Waals surface area contributed by atoms with E-state index in [9.17, 15) is 8.42 Å². The van der Waals surface area contributed by atoms with E-state index in [1.807, 2.05) is 13.8 Å². The third-order valence-corrected chi connectivity index (χ3v) is 5.67. The standard InChI is InChI=1S/C10H22BrN3O2S/c1-10(2)12(3)17(15,16)14-8-6-13(5-4-11)7-9-14/h10H,4-9H2,1-3H3. The highest BCUT2D eigenvalue weighted by Gasteiger charge is 2.31. The first-order chi connectivity index (χ1) is 7.89. The molecule has 0 aliphatic carbocycles. The van der Waals surface area contributed by atoms with Gasteiger partial charge in [0, 0.05) is 51.1 Å². The van der Waals surface area contributed by atoms with Crippen LogP contribution in [0.1, 0.15) is 13.8 Å². The molecule has 1 aliphatic rings. The van der Waals surface area contributed by atoms with Crippen molar-refractivity contribution >= 4 is 26.1 Å². The minimum Gasteiger partial charge on any atom is -0.300 e. The molecule has 1 heterocycles. The number of piperazine rings is 1. The number of halogens is 1. The maximum absolute atomic E-state index is 12.2. The quantitative estimate of drug-likeness (QED) is 0.694. The van der Waals surface area contributed by atoms with Crippen molar-refractivity contribution in [2.45, 2.75) is 19.9 Å². The molecule has 102 valence electrons. The topological polar surface area (TPSA) is 43.9 Å². The molecule has 17 heavy (non-hydrogen) atoms. The molecule has 0 saturated carbocycles. The Hall–Kier alpha value is 0.310. The molecule has 0 aromatic rings. The lowest BCUT2D eigenvalue weighted by Gasteiger charge is -2.36. The van der Waals surface area contributed by atoms with Crippen molar-refractivity contribution < 1.29 is 8.42 Å². The summed E-state index contributed by atoms with van der Waals surface area (Å²) in [6.07, 6.45) is 0. The van der Waals surface area contributed by atoms with Gasteiger partial charge in [0.15, 0.2) is 0 Å². The number of rotatable bonds is 5. The van der Waals surface area contributed by atoms with Crippen LogP contribution in [0.2, 0.25) is 0 Å². The zero-order chi connectivity index (χ0) is 13.1. The van der Waals surface area contributed by atoms with Gasteiger partial charge in [-0.15, -0.1) is 0 Å². The molecule has 1 aliphatic heterocycles. The van der Waals surface area contributed by atoms with Gasteiger partial charge >= 0.3 is 0 Å². The van der Waals surface area contributed by atoms with Crippen LogP contribution in [0.4, 0.5) is 0 Å². The Labute approximate surface area is 113 Å². The van der Waals surface area contributed by atoms with Crippen LogP contribution < -0.4 is 0 Å². The smallest absolute Gasteiger partial charge is 0.282 e. The highest BCUT2D eigenvalue weighted by Crippen LogP contribution is 2.13. The predicted octanol–water partition coefficient (Wildman–Crippen LogP) is 0.584. The van der Waals surface area contributed by atoms with Crippen molar-refractivity contribution in [2.24, 2.45) is 0 Å². The van der Waals surface area contributed by atoms with E-state index in [0.29, 0.717) is 13.1 Å². The van der Waals surface area contributed by atoms with E-state index in [4.69, 9.17) is 0 Å². The number of alkyl halides is 1. The molecule has 7 heteroatoms. The summed E-state index contributed by atoms with van der Waals surface area (Å²) in [5.74, 6) is 0. The van der Waals surface area contributed by atoms with Gasteiger partial charge in [0.25, 0.3) is 10.2 Å².